The number of aromatic carboxylic acids is 1. The van der Waals surface area contributed by atoms with E-state index in [4.69, 9.17) is 5.11 Å². The summed E-state index contributed by atoms with van der Waals surface area (Å²) >= 11 is 0. The fraction of sp³-hybridized carbons (Fsp3) is 0.200. The maximum atomic E-state index is 10.5. The highest BCUT2D eigenvalue weighted by Gasteiger charge is 2.03. The Hall–Kier alpha value is -1.84. The molecule has 0 radical (unpaired) electrons. The second-order valence-corrected chi connectivity index (χ2v) is 2.42. The van der Waals surface area contributed by atoms with Crippen LogP contribution in [0.5, 0.6) is 0 Å². The number of aromatic nitrogens is 2. The Morgan fingerprint density at radius 2 is 2.21 bits per heavy atom. The normalized spacial score (nSPS) is 9.29. The minimum Gasteiger partial charge on any atom is -0.476 e. The largest absolute Gasteiger partial charge is 0.476 e. The van der Waals surface area contributed by atoms with Gasteiger partial charge in [-0.1, -0.05) is 13.8 Å². The first-order valence-electron chi connectivity index (χ1n) is 4.43. The number of carbonyl (C=O) groups is 1. The summed E-state index contributed by atoms with van der Waals surface area (Å²) in [6, 6.07) is 3.70. The van der Waals surface area contributed by atoms with E-state index in [2.05, 4.69) is 4.98 Å². The molecule has 0 saturated heterocycles. The highest BCUT2D eigenvalue weighted by atomic mass is 16.4. The van der Waals surface area contributed by atoms with Gasteiger partial charge in [-0.05, 0) is 12.1 Å². The lowest BCUT2D eigenvalue weighted by molar-refractivity contribution is 0.0690. The van der Waals surface area contributed by atoms with E-state index < -0.39 is 5.97 Å². The van der Waals surface area contributed by atoms with Crippen molar-refractivity contribution >= 4 is 11.5 Å². The van der Waals surface area contributed by atoms with Gasteiger partial charge in [0.2, 0.25) is 0 Å². The van der Waals surface area contributed by atoms with Crippen molar-refractivity contribution in [1.82, 2.24) is 9.38 Å². The van der Waals surface area contributed by atoms with Gasteiger partial charge >= 0.3 is 5.97 Å². The average Bonchev–Trinajstić information content (AvgIpc) is 2.67. The SMILES string of the molecule is CC.O=C(O)c1cn2cccc2cn1. The molecule has 2 rings (SSSR count). The van der Waals surface area contributed by atoms with Crippen LogP contribution in [0.4, 0.5) is 0 Å². The monoisotopic (exact) mass is 192 g/mol. The van der Waals surface area contributed by atoms with E-state index in [1.165, 1.54) is 12.4 Å². The van der Waals surface area contributed by atoms with Crippen molar-refractivity contribution < 1.29 is 9.90 Å². The zero-order chi connectivity index (χ0) is 10.6. The number of carboxylic acids is 1. The van der Waals surface area contributed by atoms with Crippen molar-refractivity contribution in [3.63, 3.8) is 0 Å². The molecule has 0 bridgehead atoms. The van der Waals surface area contributed by atoms with Gasteiger partial charge in [-0.2, -0.15) is 0 Å². The molecule has 0 aromatic carbocycles. The highest BCUT2D eigenvalue weighted by molar-refractivity contribution is 5.85. The van der Waals surface area contributed by atoms with Crippen LogP contribution in [0.15, 0.2) is 30.7 Å². The number of carboxylic acid groups (broad SMARTS) is 1. The summed E-state index contributed by atoms with van der Waals surface area (Å²) < 4.78 is 1.72. The molecule has 2 aromatic rings. The standard InChI is InChI=1S/C8H6N2O2.C2H6/c11-8(12)7-5-10-3-1-2-6(10)4-9-7;1-2/h1-5H,(H,11,12);1-2H3. The Balaban J connectivity index is 0.000000461. The third-order valence-electron chi connectivity index (χ3n) is 1.63. The van der Waals surface area contributed by atoms with E-state index in [1.807, 2.05) is 26.0 Å². The van der Waals surface area contributed by atoms with Crippen LogP contribution in [0.1, 0.15) is 24.3 Å². The van der Waals surface area contributed by atoms with Crippen LogP contribution in [-0.2, 0) is 0 Å². The number of hydrogen-bond acceptors (Lipinski definition) is 2. The lowest BCUT2D eigenvalue weighted by Crippen LogP contribution is -2.01. The fourth-order valence-electron chi connectivity index (χ4n) is 1.04. The predicted octanol–water partition coefficient (Wildman–Crippen LogP) is 2.06. The Bertz CT molecular complexity index is 434. The first-order valence-corrected chi connectivity index (χ1v) is 4.43. The van der Waals surface area contributed by atoms with E-state index in [9.17, 15) is 4.79 Å². The third kappa shape index (κ3) is 1.90. The topological polar surface area (TPSA) is 54.6 Å². The molecule has 4 nitrogen and oxygen atoms in total. The lowest BCUT2D eigenvalue weighted by Gasteiger charge is -1.95. The van der Waals surface area contributed by atoms with Crippen molar-refractivity contribution in [1.29, 1.82) is 0 Å². The second-order valence-electron chi connectivity index (χ2n) is 2.42. The summed E-state index contributed by atoms with van der Waals surface area (Å²) in [5.41, 5.74) is 0.943. The van der Waals surface area contributed by atoms with Gasteiger partial charge in [0.05, 0.1) is 11.7 Å². The van der Waals surface area contributed by atoms with Gasteiger partial charge in [0.1, 0.15) is 0 Å². The number of nitrogens with zero attached hydrogens (tertiary/aromatic N) is 2. The van der Waals surface area contributed by atoms with Crippen LogP contribution in [0.3, 0.4) is 0 Å². The molecule has 1 N–H and O–H groups in total. The van der Waals surface area contributed by atoms with Gasteiger partial charge in [-0.15, -0.1) is 0 Å². The van der Waals surface area contributed by atoms with E-state index in [1.54, 1.807) is 10.6 Å². The average molecular weight is 192 g/mol. The van der Waals surface area contributed by atoms with E-state index in [-0.39, 0.29) is 5.69 Å². The molecule has 4 heteroatoms. The van der Waals surface area contributed by atoms with Crippen molar-refractivity contribution in [2.45, 2.75) is 13.8 Å². The Labute approximate surface area is 81.8 Å². The zero-order valence-corrected chi connectivity index (χ0v) is 8.14. The molecule has 0 amide bonds. The van der Waals surface area contributed by atoms with Gasteiger partial charge in [-0.25, -0.2) is 9.78 Å². The van der Waals surface area contributed by atoms with Crippen LogP contribution in [-0.4, -0.2) is 20.5 Å². The van der Waals surface area contributed by atoms with Gasteiger partial charge in [0.25, 0.3) is 0 Å². The van der Waals surface area contributed by atoms with Crippen molar-refractivity contribution in [2.75, 3.05) is 0 Å². The molecule has 0 spiro atoms. The predicted molar refractivity (Wildman–Crippen MR) is 53.5 cm³/mol. The first kappa shape index (κ1) is 10.2. The minimum atomic E-state index is -1.01. The minimum absolute atomic E-state index is 0.0544. The fourth-order valence-corrected chi connectivity index (χ4v) is 1.04. The highest BCUT2D eigenvalue weighted by Crippen LogP contribution is 2.03. The van der Waals surface area contributed by atoms with Crippen LogP contribution in [0, 0.1) is 0 Å². The second kappa shape index (κ2) is 4.41. The molecule has 0 aliphatic heterocycles. The zero-order valence-electron chi connectivity index (χ0n) is 8.14. The van der Waals surface area contributed by atoms with Crippen molar-refractivity contribution in [2.24, 2.45) is 0 Å². The van der Waals surface area contributed by atoms with Gasteiger partial charge in [0, 0.05) is 12.4 Å². The lowest BCUT2D eigenvalue weighted by atomic mass is 10.4. The Morgan fingerprint density at radius 3 is 2.86 bits per heavy atom. The molecule has 0 saturated carbocycles. The van der Waals surface area contributed by atoms with E-state index in [0.29, 0.717) is 0 Å². The first-order chi connectivity index (χ1) is 6.77. The molecule has 74 valence electrons. The molecule has 2 aromatic heterocycles. The third-order valence-corrected chi connectivity index (χ3v) is 1.63. The number of rotatable bonds is 1. The maximum Gasteiger partial charge on any atom is 0.356 e. The van der Waals surface area contributed by atoms with E-state index in [0.717, 1.165) is 5.52 Å². The van der Waals surface area contributed by atoms with Gasteiger partial charge in [-0.3, -0.25) is 0 Å². The van der Waals surface area contributed by atoms with Gasteiger partial charge in [0.15, 0.2) is 5.69 Å². The van der Waals surface area contributed by atoms with Crippen LogP contribution < -0.4 is 0 Å². The summed E-state index contributed by atoms with van der Waals surface area (Å²) in [5, 5.41) is 8.61. The molecular formula is C10H12N2O2. The van der Waals surface area contributed by atoms with Crippen LogP contribution in [0.25, 0.3) is 5.52 Å². The number of fused-ring (bicyclic) bond motifs is 1. The van der Waals surface area contributed by atoms with E-state index >= 15 is 0 Å². The quantitative estimate of drug-likeness (QED) is 0.752. The molecule has 0 aliphatic rings. The smallest absolute Gasteiger partial charge is 0.356 e. The van der Waals surface area contributed by atoms with Crippen LogP contribution >= 0.6 is 0 Å². The molecule has 2 heterocycles. The summed E-state index contributed by atoms with van der Waals surface area (Å²) in [6.07, 6.45) is 4.80. The Kier molecular flexibility index (Phi) is 3.23. The van der Waals surface area contributed by atoms with Gasteiger partial charge < -0.3 is 9.51 Å². The summed E-state index contributed by atoms with van der Waals surface area (Å²) in [4.78, 5) is 14.2. The molecule has 0 aliphatic carbocycles. The maximum absolute atomic E-state index is 10.5. The molecule has 0 fully saturated rings. The summed E-state index contributed by atoms with van der Waals surface area (Å²) in [6.45, 7) is 4.00. The Morgan fingerprint density at radius 1 is 1.50 bits per heavy atom. The van der Waals surface area contributed by atoms with Crippen molar-refractivity contribution in [3.05, 3.63) is 36.4 Å². The molecule has 0 atom stereocenters. The van der Waals surface area contributed by atoms with Crippen LogP contribution in [0.2, 0.25) is 0 Å². The molecular weight excluding hydrogens is 180 g/mol. The summed E-state index contributed by atoms with van der Waals surface area (Å²) in [5.74, 6) is -1.01. The van der Waals surface area contributed by atoms with Crippen molar-refractivity contribution in [3.8, 4) is 0 Å². The number of hydrogen-bond donors (Lipinski definition) is 1. The molecule has 14 heavy (non-hydrogen) atoms. The molecule has 0 unspecified atom stereocenters. The summed E-state index contributed by atoms with van der Waals surface area (Å²) in [7, 11) is 0.